The van der Waals surface area contributed by atoms with Gasteiger partial charge in [0.15, 0.2) is 5.78 Å². The van der Waals surface area contributed by atoms with Crippen LogP contribution in [0.3, 0.4) is 0 Å². The molecule has 158 valence electrons. The molecule has 28 heavy (non-hydrogen) atoms. The Morgan fingerprint density at radius 2 is 1.68 bits per heavy atom. The van der Waals surface area contributed by atoms with E-state index in [1.54, 1.807) is 0 Å². The number of carbonyl (C=O) groups excluding carboxylic acids is 2. The fourth-order valence-electron chi connectivity index (χ4n) is 8.19. The largest absolute Gasteiger partial charge is 0.463 e. The number of carbonyl (C=O) groups is 2. The lowest BCUT2D eigenvalue weighted by molar-refractivity contribution is -0.160. The first-order valence-corrected chi connectivity index (χ1v) is 12.1. The first-order valence-electron chi connectivity index (χ1n) is 11.2. The van der Waals surface area contributed by atoms with E-state index in [4.69, 9.17) is 4.74 Å². The molecule has 4 nitrogen and oxygen atoms in total. The molecule has 0 heterocycles. The minimum absolute atomic E-state index is 0.0439. The van der Waals surface area contributed by atoms with Crippen molar-refractivity contribution in [1.82, 2.24) is 0 Å². The summed E-state index contributed by atoms with van der Waals surface area (Å²) < 4.78 is 5.59. The highest BCUT2D eigenvalue weighted by Crippen LogP contribution is 2.68. The first-order chi connectivity index (χ1) is 13.2. The summed E-state index contributed by atoms with van der Waals surface area (Å²) in [7, 11) is 0. The number of halogens is 1. The number of ketones is 1. The number of aliphatic hydroxyl groups excluding tert-OH is 1. The van der Waals surface area contributed by atoms with E-state index in [0.717, 1.165) is 44.9 Å². The Morgan fingerprint density at radius 1 is 1.00 bits per heavy atom. The number of hydrogen-bond acceptors (Lipinski definition) is 4. The Labute approximate surface area is 177 Å². The molecule has 0 radical (unpaired) electrons. The molecule has 4 aliphatic rings. The van der Waals surface area contributed by atoms with Crippen LogP contribution in [-0.2, 0) is 14.3 Å². The second-order valence-corrected chi connectivity index (χ2v) is 11.7. The van der Waals surface area contributed by atoms with Crippen molar-refractivity contribution in [3.8, 4) is 0 Å². The lowest BCUT2D eigenvalue weighted by Crippen LogP contribution is -2.57. The number of rotatable bonds is 3. The molecule has 5 heteroatoms. The molecule has 4 rings (SSSR count). The Balaban J connectivity index is 1.57. The van der Waals surface area contributed by atoms with E-state index in [2.05, 4.69) is 29.8 Å². The predicted molar refractivity (Wildman–Crippen MR) is 111 cm³/mol. The van der Waals surface area contributed by atoms with Crippen molar-refractivity contribution < 1.29 is 19.4 Å². The highest BCUT2D eigenvalue weighted by atomic mass is 79.9. The maximum atomic E-state index is 12.4. The zero-order chi connectivity index (χ0) is 20.3. The third-order valence-electron chi connectivity index (χ3n) is 9.46. The van der Waals surface area contributed by atoms with Gasteiger partial charge in [0.25, 0.3) is 0 Å². The van der Waals surface area contributed by atoms with Crippen molar-refractivity contribution in [2.45, 2.75) is 83.1 Å². The normalized spacial score (nSPS) is 50.2. The molecule has 0 saturated heterocycles. The molecule has 4 saturated carbocycles. The number of fused-ring (bicyclic) bond motifs is 5. The highest BCUT2D eigenvalue weighted by molar-refractivity contribution is 9.09. The average molecular weight is 455 g/mol. The molecule has 0 aromatic carbocycles. The Kier molecular flexibility index (Phi) is 5.48. The van der Waals surface area contributed by atoms with E-state index < -0.39 is 0 Å². The van der Waals surface area contributed by atoms with Crippen molar-refractivity contribution in [3.63, 3.8) is 0 Å². The highest BCUT2D eigenvalue weighted by Gasteiger charge is 2.62. The third-order valence-corrected chi connectivity index (χ3v) is 10.5. The van der Waals surface area contributed by atoms with Crippen molar-refractivity contribution in [1.29, 1.82) is 0 Å². The van der Waals surface area contributed by atoms with Gasteiger partial charge >= 0.3 is 5.97 Å². The number of esters is 1. The van der Waals surface area contributed by atoms with Gasteiger partial charge in [-0.05, 0) is 85.9 Å². The van der Waals surface area contributed by atoms with Gasteiger partial charge in [-0.2, -0.15) is 0 Å². The lowest BCUT2D eigenvalue weighted by atomic mass is 9.44. The van der Waals surface area contributed by atoms with E-state index >= 15 is 0 Å². The van der Waals surface area contributed by atoms with E-state index in [9.17, 15) is 14.7 Å². The van der Waals surface area contributed by atoms with Crippen molar-refractivity contribution in [2.24, 2.45) is 40.4 Å². The van der Waals surface area contributed by atoms with Crippen LogP contribution in [-0.4, -0.2) is 34.4 Å². The van der Waals surface area contributed by atoms with Crippen LogP contribution in [0.15, 0.2) is 0 Å². The summed E-state index contributed by atoms with van der Waals surface area (Å²) in [5.74, 6) is 2.44. The van der Waals surface area contributed by atoms with Crippen molar-refractivity contribution >= 4 is 27.7 Å². The molecular weight excluding hydrogens is 420 g/mol. The second-order valence-electron chi connectivity index (χ2n) is 10.5. The summed E-state index contributed by atoms with van der Waals surface area (Å²) >= 11 is 4.05. The average Bonchev–Trinajstić information content (AvgIpc) is 2.99. The molecule has 4 aliphatic carbocycles. The fraction of sp³-hybridized carbons (Fsp3) is 0.913. The summed E-state index contributed by atoms with van der Waals surface area (Å²) in [5, 5.41) is 9.46. The van der Waals surface area contributed by atoms with Crippen LogP contribution in [0.25, 0.3) is 0 Å². The van der Waals surface area contributed by atoms with Gasteiger partial charge in [-0.25, -0.2) is 0 Å². The smallest absolute Gasteiger partial charge is 0.302 e. The molecule has 0 bridgehead atoms. The minimum atomic E-state index is -0.306. The van der Waals surface area contributed by atoms with Gasteiger partial charge in [0.1, 0.15) is 12.7 Å². The quantitative estimate of drug-likeness (QED) is 0.503. The molecule has 0 aromatic rings. The maximum Gasteiger partial charge on any atom is 0.302 e. The van der Waals surface area contributed by atoms with E-state index in [1.165, 1.54) is 13.3 Å². The molecule has 0 spiro atoms. The van der Waals surface area contributed by atoms with E-state index in [-0.39, 0.29) is 41.2 Å². The van der Waals surface area contributed by atoms with Crippen LogP contribution in [0.5, 0.6) is 0 Å². The van der Waals surface area contributed by atoms with Crippen LogP contribution < -0.4 is 0 Å². The Bertz CT molecular complexity index is 651. The summed E-state index contributed by atoms with van der Waals surface area (Å²) in [4.78, 5) is 24.3. The standard InChI is InChI=1S/C23H35BrO4/c1-13(26)28-14-6-8-23(3)17-7-9-22(2)16(4-5-18(22)21(27)12-25)15(17)11-20(24)19(23)10-14/h14-20,25H,4-12H2,1-3H3/t14-,15+,16+,17+,18-,19+,20+,22+,23-/m1/s1. The lowest BCUT2D eigenvalue weighted by Gasteiger charge is -2.62. The third kappa shape index (κ3) is 3.10. The predicted octanol–water partition coefficient (Wildman–Crippen LogP) is 4.51. The number of aliphatic hydroxyl groups is 1. The zero-order valence-electron chi connectivity index (χ0n) is 17.5. The number of alkyl halides is 1. The summed E-state index contributed by atoms with van der Waals surface area (Å²) in [6, 6.07) is 0. The number of ether oxygens (including phenoxy) is 1. The Hall–Kier alpha value is -0.420. The summed E-state index contributed by atoms with van der Waals surface area (Å²) in [5.41, 5.74) is 0.347. The molecular formula is C23H35BrO4. The molecule has 0 unspecified atom stereocenters. The van der Waals surface area contributed by atoms with Gasteiger partial charge in [-0.1, -0.05) is 29.8 Å². The monoisotopic (exact) mass is 454 g/mol. The van der Waals surface area contributed by atoms with Gasteiger partial charge in [0.05, 0.1) is 0 Å². The molecule has 0 aliphatic heterocycles. The molecule has 0 amide bonds. The number of hydrogen-bond donors (Lipinski definition) is 1. The second kappa shape index (κ2) is 7.37. The zero-order valence-corrected chi connectivity index (χ0v) is 19.0. The van der Waals surface area contributed by atoms with Crippen LogP contribution in [0, 0.1) is 40.4 Å². The van der Waals surface area contributed by atoms with Gasteiger partial charge < -0.3 is 9.84 Å². The van der Waals surface area contributed by atoms with Crippen LogP contribution in [0.1, 0.15) is 72.1 Å². The van der Waals surface area contributed by atoms with Crippen LogP contribution in [0.2, 0.25) is 0 Å². The number of Topliss-reactive ketones (excluding diaryl/α,β-unsaturated/α-hetero) is 1. The fourth-order valence-corrected chi connectivity index (χ4v) is 9.44. The molecule has 1 N–H and O–H groups in total. The van der Waals surface area contributed by atoms with E-state index in [0.29, 0.717) is 28.5 Å². The molecule has 4 fully saturated rings. The maximum absolute atomic E-state index is 12.4. The molecule has 0 aromatic heterocycles. The van der Waals surface area contributed by atoms with Crippen LogP contribution in [0.4, 0.5) is 0 Å². The van der Waals surface area contributed by atoms with Gasteiger partial charge in [0, 0.05) is 17.7 Å². The molecule has 9 atom stereocenters. The summed E-state index contributed by atoms with van der Waals surface area (Å²) in [6.45, 7) is 6.02. The van der Waals surface area contributed by atoms with E-state index in [1.807, 2.05) is 0 Å². The first kappa shape index (κ1) is 20.8. The van der Waals surface area contributed by atoms with Crippen LogP contribution >= 0.6 is 15.9 Å². The SMILES string of the molecule is CC(=O)O[C@@H]1CC[C@]2(C)[C@H]3CC[C@]4(C)[C@@H](C(=O)CO)CC[C@H]4[C@@H]3C[C@H](Br)[C@@H]2C1. The van der Waals surface area contributed by atoms with Gasteiger partial charge in [0.2, 0.25) is 0 Å². The topological polar surface area (TPSA) is 63.6 Å². The van der Waals surface area contributed by atoms with Crippen molar-refractivity contribution in [3.05, 3.63) is 0 Å². The van der Waals surface area contributed by atoms with Crippen molar-refractivity contribution in [2.75, 3.05) is 6.61 Å². The Morgan fingerprint density at radius 3 is 2.36 bits per heavy atom. The minimum Gasteiger partial charge on any atom is -0.463 e. The summed E-state index contributed by atoms with van der Waals surface area (Å²) in [6.07, 6.45) is 8.69. The van der Waals surface area contributed by atoms with Gasteiger partial charge in [-0.3, -0.25) is 9.59 Å². The van der Waals surface area contributed by atoms with Gasteiger partial charge in [-0.15, -0.1) is 0 Å².